The first kappa shape index (κ1) is 14.4. The van der Waals surface area contributed by atoms with Crippen molar-refractivity contribution < 1.29 is 17.5 Å². The van der Waals surface area contributed by atoms with Crippen LogP contribution in [-0.4, -0.2) is 21.1 Å². The van der Waals surface area contributed by atoms with Crippen LogP contribution in [0, 0.1) is 0 Å². The lowest BCUT2D eigenvalue weighted by Crippen LogP contribution is -2.47. The molecule has 0 amide bonds. The van der Waals surface area contributed by atoms with Gasteiger partial charge in [0.05, 0.1) is 0 Å². The van der Waals surface area contributed by atoms with Crippen LogP contribution >= 0.6 is 7.91 Å². The van der Waals surface area contributed by atoms with Crippen LogP contribution in [0.5, 0.6) is 0 Å². The van der Waals surface area contributed by atoms with Gasteiger partial charge in [-0.15, -0.1) is 12.9 Å². The van der Waals surface area contributed by atoms with E-state index in [2.05, 4.69) is 0 Å². The molecule has 86 valence electrons. The molecule has 0 saturated heterocycles. The van der Waals surface area contributed by atoms with E-state index >= 15 is 0 Å². The molecule has 0 aliphatic heterocycles. The van der Waals surface area contributed by atoms with Gasteiger partial charge < -0.3 is 4.53 Å². The van der Waals surface area contributed by atoms with E-state index in [0.717, 1.165) is 0 Å². The van der Waals surface area contributed by atoms with Crippen LogP contribution in [0.4, 0.5) is 8.39 Å². The standard InChI is InChI=1S/C6H18F2NO2PSi2/c1-13(2,3)9(12(7,8)10)11-14(4,5)6/h1-6H3. The van der Waals surface area contributed by atoms with Gasteiger partial charge >= 0.3 is 7.91 Å². The number of rotatable bonds is 4. The summed E-state index contributed by atoms with van der Waals surface area (Å²) in [5.41, 5.74) is 0. The first-order valence-corrected chi connectivity index (χ1v) is 12.6. The van der Waals surface area contributed by atoms with Crippen molar-refractivity contribution in [2.75, 3.05) is 0 Å². The van der Waals surface area contributed by atoms with Gasteiger partial charge in [-0.25, -0.2) is 4.57 Å². The minimum atomic E-state index is -5.29. The Kier molecular flexibility index (Phi) is 4.26. The second kappa shape index (κ2) is 4.13. The zero-order chi connectivity index (χ0) is 11.8. The molecule has 0 aliphatic rings. The van der Waals surface area contributed by atoms with Crippen molar-refractivity contribution in [1.82, 2.24) is 4.50 Å². The van der Waals surface area contributed by atoms with Crippen molar-refractivity contribution in [3.05, 3.63) is 0 Å². The Labute approximate surface area is 86.3 Å². The highest BCUT2D eigenvalue weighted by Crippen LogP contribution is 2.56. The summed E-state index contributed by atoms with van der Waals surface area (Å²) in [5.74, 6) is 0. The highest BCUT2D eigenvalue weighted by Gasteiger charge is 2.44. The molecule has 0 aromatic carbocycles. The van der Waals surface area contributed by atoms with Crippen LogP contribution < -0.4 is 0 Å². The van der Waals surface area contributed by atoms with E-state index < -0.39 is 24.5 Å². The molecule has 0 aromatic rings. The summed E-state index contributed by atoms with van der Waals surface area (Å²) in [5, 5.41) is 0. The van der Waals surface area contributed by atoms with Crippen molar-refractivity contribution in [3.8, 4) is 0 Å². The van der Waals surface area contributed by atoms with Gasteiger partial charge in [-0.2, -0.15) is 0 Å². The second-order valence-electron chi connectivity index (χ2n) is 5.08. The average Bonchev–Trinajstić information content (AvgIpc) is 1.75. The Hall–Kier alpha value is 0.444. The van der Waals surface area contributed by atoms with E-state index in [1.165, 1.54) is 0 Å². The maximum Gasteiger partial charge on any atom is 0.498 e. The van der Waals surface area contributed by atoms with Gasteiger partial charge in [0, 0.05) is 0 Å². The minimum Gasteiger partial charge on any atom is -0.340 e. The smallest absolute Gasteiger partial charge is 0.340 e. The van der Waals surface area contributed by atoms with Gasteiger partial charge in [-0.3, -0.25) is 0 Å². The number of hydrogen-bond acceptors (Lipinski definition) is 2. The van der Waals surface area contributed by atoms with Crippen LogP contribution in [0.2, 0.25) is 39.3 Å². The summed E-state index contributed by atoms with van der Waals surface area (Å²) in [7, 11) is -9.82. The fourth-order valence-corrected chi connectivity index (χ4v) is 7.14. The molecule has 0 radical (unpaired) electrons. The molecule has 0 aliphatic carbocycles. The molecule has 0 saturated carbocycles. The first-order valence-electron chi connectivity index (χ1n) is 4.33. The molecule has 0 fully saturated rings. The molecule has 0 unspecified atom stereocenters. The quantitative estimate of drug-likeness (QED) is 0.436. The molecule has 8 heteroatoms. The van der Waals surface area contributed by atoms with Crippen molar-refractivity contribution in [2.24, 2.45) is 0 Å². The first-order chi connectivity index (χ1) is 5.84. The molecule has 0 N–H and O–H groups in total. The van der Waals surface area contributed by atoms with E-state index in [1.54, 1.807) is 39.3 Å². The van der Waals surface area contributed by atoms with Gasteiger partial charge in [0.1, 0.15) is 0 Å². The summed E-state index contributed by atoms with van der Waals surface area (Å²) < 4.78 is 42.1. The number of hydrogen-bond donors (Lipinski definition) is 0. The van der Waals surface area contributed by atoms with Crippen LogP contribution in [0.3, 0.4) is 0 Å². The Balaban J connectivity index is 4.88. The van der Waals surface area contributed by atoms with Gasteiger partial charge in [0.2, 0.25) is 8.32 Å². The highest BCUT2D eigenvalue weighted by molar-refractivity contribution is 7.52. The summed E-state index contributed by atoms with van der Waals surface area (Å²) in [6, 6.07) is 0. The van der Waals surface area contributed by atoms with E-state index in [0.29, 0.717) is 4.50 Å². The van der Waals surface area contributed by atoms with Crippen molar-refractivity contribution in [3.63, 3.8) is 0 Å². The predicted octanol–water partition coefficient (Wildman–Crippen LogP) is 3.94. The monoisotopic (exact) mass is 261 g/mol. The zero-order valence-corrected chi connectivity index (χ0v) is 12.4. The van der Waals surface area contributed by atoms with Gasteiger partial charge in [-0.1, -0.05) is 19.6 Å². The van der Waals surface area contributed by atoms with Crippen molar-refractivity contribution >= 4 is 24.5 Å². The lowest BCUT2D eigenvalue weighted by Gasteiger charge is -2.35. The van der Waals surface area contributed by atoms with Crippen LogP contribution in [-0.2, 0) is 9.09 Å². The van der Waals surface area contributed by atoms with Crippen LogP contribution in [0.1, 0.15) is 0 Å². The normalized spacial score (nSPS) is 14.9. The maximum absolute atomic E-state index is 12.8. The Bertz CT molecular complexity index is 245. The third-order valence-electron chi connectivity index (χ3n) is 1.15. The third-order valence-corrected chi connectivity index (χ3v) is 6.45. The molecule has 0 rings (SSSR count). The maximum atomic E-state index is 12.8. The van der Waals surface area contributed by atoms with E-state index in [4.69, 9.17) is 4.53 Å². The fourth-order valence-electron chi connectivity index (χ4n) is 0.793. The Morgan fingerprint density at radius 2 is 1.43 bits per heavy atom. The molecule has 0 aromatic heterocycles. The number of nitrogens with zero attached hydrogens (tertiary/aromatic N) is 1. The summed E-state index contributed by atoms with van der Waals surface area (Å²) in [6.07, 6.45) is 0. The van der Waals surface area contributed by atoms with Crippen LogP contribution in [0.25, 0.3) is 0 Å². The Morgan fingerprint density at radius 1 is 1.07 bits per heavy atom. The Morgan fingerprint density at radius 3 is 1.50 bits per heavy atom. The molecular weight excluding hydrogens is 243 g/mol. The zero-order valence-electron chi connectivity index (χ0n) is 9.47. The number of halogens is 2. The van der Waals surface area contributed by atoms with Crippen molar-refractivity contribution in [2.45, 2.75) is 39.3 Å². The minimum absolute atomic E-state index is 0.506. The lowest BCUT2D eigenvalue weighted by molar-refractivity contribution is 0.0861. The largest absolute Gasteiger partial charge is 0.498 e. The van der Waals surface area contributed by atoms with E-state index in [-0.39, 0.29) is 0 Å². The predicted molar refractivity (Wildman–Crippen MR) is 59.4 cm³/mol. The summed E-state index contributed by atoms with van der Waals surface area (Å²) >= 11 is 0. The SMILES string of the molecule is C[Si](C)(C)ON([Si](C)(C)C)P(=O)(F)F. The molecule has 0 atom stereocenters. The molecule has 0 bridgehead atoms. The topological polar surface area (TPSA) is 29.5 Å². The average molecular weight is 261 g/mol. The molecular formula is C6H18F2NO2PSi2. The van der Waals surface area contributed by atoms with Crippen LogP contribution in [0.15, 0.2) is 0 Å². The lowest BCUT2D eigenvalue weighted by atomic mass is 11.8. The fraction of sp³-hybridized carbons (Fsp3) is 1.00. The molecule has 3 nitrogen and oxygen atoms in total. The summed E-state index contributed by atoms with van der Waals surface area (Å²) in [6.45, 7) is 10.4. The van der Waals surface area contributed by atoms with Gasteiger partial charge in [-0.05, 0) is 19.6 Å². The molecule has 14 heavy (non-hydrogen) atoms. The van der Waals surface area contributed by atoms with E-state index in [1.807, 2.05) is 0 Å². The van der Waals surface area contributed by atoms with Crippen molar-refractivity contribution in [1.29, 1.82) is 0 Å². The van der Waals surface area contributed by atoms with E-state index in [9.17, 15) is 13.0 Å². The summed E-state index contributed by atoms with van der Waals surface area (Å²) in [4.78, 5) is 0. The third kappa shape index (κ3) is 5.36. The molecule has 0 heterocycles. The molecule has 0 spiro atoms. The van der Waals surface area contributed by atoms with Gasteiger partial charge in [0.15, 0.2) is 8.24 Å². The highest BCUT2D eigenvalue weighted by atomic mass is 31.2. The second-order valence-corrected chi connectivity index (χ2v) is 15.8. The van der Waals surface area contributed by atoms with Gasteiger partial charge in [0.25, 0.3) is 0 Å².